The highest BCUT2D eigenvalue weighted by Gasteiger charge is 2.15. The van der Waals surface area contributed by atoms with Crippen molar-refractivity contribution in [3.05, 3.63) is 28.5 Å². The maximum absolute atomic E-state index is 12.8. The monoisotopic (exact) mass is 340 g/mol. The summed E-state index contributed by atoms with van der Waals surface area (Å²) in [7, 11) is 0. The lowest BCUT2D eigenvalue weighted by Crippen LogP contribution is -2.38. The lowest BCUT2D eigenvalue weighted by atomic mass is 10.3. The summed E-state index contributed by atoms with van der Waals surface area (Å²) in [6.07, 6.45) is -0.664. The average Bonchev–Trinajstić information content (AvgIpc) is 2.29. The molecule has 0 saturated carbocycles. The van der Waals surface area contributed by atoms with Gasteiger partial charge in [-0.15, -0.1) is 12.4 Å². The van der Waals surface area contributed by atoms with Crippen LogP contribution < -0.4 is 15.8 Å². The van der Waals surface area contributed by atoms with Crippen molar-refractivity contribution in [1.82, 2.24) is 5.32 Å². The highest BCUT2D eigenvalue weighted by molar-refractivity contribution is 9.10. The molecule has 0 radical (unpaired) electrons. The van der Waals surface area contributed by atoms with E-state index in [1.54, 1.807) is 6.92 Å². The molecule has 0 heterocycles. The molecule has 7 heteroatoms. The molecule has 3 N–H and O–H groups in total. The van der Waals surface area contributed by atoms with Gasteiger partial charge in [-0.05, 0) is 41.1 Å². The van der Waals surface area contributed by atoms with Gasteiger partial charge in [0.1, 0.15) is 11.6 Å². The molecule has 0 aromatic heterocycles. The highest BCUT2D eigenvalue weighted by atomic mass is 79.9. The van der Waals surface area contributed by atoms with Crippen molar-refractivity contribution >= 4 is 34.2 Å². The number of carbonyl (C=O) groups is 1. The highest BCUT2D eigenvalue weighted by Crippen LogP contribution is 2.26. The van der Waals surface area contributed by atoms with Crippen LogP contribution in [0.3, 0.4) is 0 Å². The van der Waals surface area contributed by atoms with Crippen LogP contribution in [0.2, 0.25) is 0 Å². The van der Waals surface area contributed by atoms with Crippen molar-refractivity contribution in [3.63, 3.8) is 0 Å². The zero-order valence-electron chi connectivity index (χ0n) is 9.78. The second kappa shape index (κ2) is 8.29. The van der Waals surface area contributed by atoms with Crippen molar-refractivity contribution in [2.45, 2.75) is 13.0 Å². The molecule has 1 amide bonds. The molecule has 1 rings (SSSR count). The fraction of sp³-hybridized carbons (Fsp3) is 0.364. The number of halogens is 3. The van der Waals surface area contributed by atoms with Crippen molar-refractivity contribution in [3.8, 4) is 5.75 Å². The third kappa shape index (κ3) is 5.20. The van der Waals surface area contributed by atoms with E-state index in [2.05, 4.69) is 21.2 Å². The van der Waals surface area contributed by atoms with E-state index in [9.17, 15) is 9.18 Å². The summed E-state index contributed by atoms with van der Waals surface area (Å²) in [5, 5.41) is 2.60. The number of benzene rings is 1. The Morgan fingerprint density at radius 3 is 2.83 bits per heavy atom. The minimum atomic E-state index is -0.664. The zero-order valence-corrected chi connectivity index (χ0v) is 12.2. The van der Waals surface area contributed by atoms with E-state index in [0.717, 1.165) is 0 Å². The van der Waals surface area contributed by atoms with Crippen LogP contribution in [0.1, 0.15) is 6.92 Å². The number of rotatable bonds is 5. The van der Waals surface area contributed by atoms with Gasteiger partial charge in [0.05, 0.1) is 4.47 Å². The van der Waals surface area contributed by atoms with Gasteiger partial charge >= 0.3 is 0 Å². The Kier molecular flexibility index (Phi) is 7.90. The van der Waals surface area contributed by atoms with Crippen LogP contribution in [0.4, 0.5) is 4.39 Å². The number of hydrogen-bond acceptors (Lipinski definition) is 3. The maximum Gasteiger partial charge on any atom is 0.260 e. The molecular weight excluding hydrogens is 326 g/mol. The third-order valence-corrected chi connectivity index (χ3v) is 2.63. The van der Waals surface area contributed by atoms with Crippen LogP contribution in [0.5, 0.6) is 5.75 Å². The van der Waals surface area contributed by atoms with E-state index in [0.29, 0.717) is 23.3 Å². The van der Waals surface area contributed by atoms with Crippen LogP contribution in [0.25, 0.3) is 0 Å². The number of ether oxygens (including phenoxy) is 1. The zero-order chi connectivity index (χ0) is 12.8. The van der Waals surface area contributed by atoms with Gasteiger partial charge in [-0.1, -0.05) is 0 Å². The van der Waals surface area contributed by atoms with Crippen LogP contribution >= 0.6 is 28.3 Å². The molecule has 18 heavy (non-hydrogen) atoms. The molecule has 0 saturated heterocycles. The second-order valence-corrected chi connectivity index (χ2v) is 4.27. The van der Waals surface area contributed by atoms with E-state index >= 15 is 0 Å². The Balaban J connectivity index is 0.00000289. The molecule has 102 valence electrons. The maximum atomic E-state index is 12.8. The summed E-state index contributed by atoms with van der Waals surface area (Å²) in [6.45, 7) is 2.39. The van der Waals surface area contributed by atoms with Crippen LogP contribution in [-0.2, 0) is 4.79 Å². The van der Waals surface area contributed by atoms with Gasteiger partial charge in [0.15, 0.2) is 6.10 Å². The number of nitrogens with two attached hydrogens (primary N) is 1. The van der Waals surface area contributed by atoms with Gasteiger partial charge in [-0.25, -0.2) is 4.39 Å². The van der Waals surface area contributed by atoms with E-state index in [1.807, 2.05) is 0 Å². The first kappa shape index (κ1) is 17.2. The SMILES string of the molecule is CC(Oc1ccc(F)cc1Br)C(=O)NCCN.Cl. The quantitative estimate of drug-likeness (QED) is 0.859. The Bertz CT molecular complexity index is 407. The van der Waals surface area contributed by atoms with Gasteiger partial charge in [0, 0.05) is 13.1 Å². The van der Waals surface area contributed by atoms with Gasteiger partial charge in [0.25, 0.3) is 5.91 Å². The molecule has 1 aromatic rings. The Morgan fingerprint density at radius 2 is 2.28 bits per heavy atom. The molecule has 4 nitrogen and oxygen atoms in total. The first-order chi connectivity index (χ1) is 8.04. The molecule has 0 aliphatic rings. The number of carbonyl (C=O) groups excluding carboxylic acids is 1. The molecule has 0 aliphatic heterocycles. The van der Waals surface area contributed by atoms with Gasteiger partial charge in [0.2, 0.25) is 0 Å². The van der Waals surface area contributed by atoms with Crippen molar-refractivity contribution < 1.29 is 13.9 Å². The average molecular weight is 342 g/mol. The molecule has 0 spiro atoms. The van der Waals surface area contributed by atoms with E-state index in [1.165, 1.54) is 18.2 Å². The Morgan fingerprint density at radius 1 is 1.61 bits per heavy atom. The summed E-state index contributed by atoms with van der Waals surface area (Å²) < 4.78 is 18.7. The molecule has 1 atom stereocenters. The third-order valence-electron chi connectivity index (χ3n) is 2.01. The van der Waals surface area contributed by atoms with Crippen molar-refractivity contribution in [2.75, 3.05) is 13.1 Å². The molecule has 1 unspecified atom stereocenters. The summed E-state index contributed by atoms with van der Waals surface area (Å²) >= 11 is 3.16. The Labute approximate surface area is 120 Å². The van der Waals surface area contributed by atoms with Gasteiger partial charge in [-0.2, -0.15) is 0 Å². The number of nitrogens with one attached hydrogen (secondary N) is 1. The van der Waals surface area contributed by atoms with Gasteiger partial charge < -0.3 is 15.8 Å². The predicted octanol–water partition coefficient (Wildman–Crippen LogP) is 1.85. The normalized spacial score (nSPS) is 11.3. The summed E-state index contributed by atoms with van der Waals surface area (Å²) in [5.74, 6) is -0.210. The molecule has 0 aliphatic carbocycles. The largest absolute Gasteiger partial charge is 0.480 e. The first-order valence-corrected chi connectivity index (χ1v) is 5.93. The smallest absolute Gasteiger partial charge is 0.260 e. The number of amides is 1. The second-order valence-electron chi connectivity index (χ2n) is 3.41. The Hall–Kier alpha value is -0.850. The predicted molar refractivity (Wildman–Crippen MR) is 73.5 cm³/mol. The lowest BCUT2D eigenvalue weighted by Gasteiger charge is -2.15. The van der Waals surface area contributed by atoms with Crippen molar-refractivity contribution in [1.29, 1.82) is 0 Å². The fourth-order valence-electron chi connectivity index (χ4n) is 1.15. The lowest BCUT2D eigenvalue weighted by molar-refractivity contribution is -0.127. The molecule has 1 aromatic carbocycles. The first-order valence-electron chi connectivity index (χ1n) is 5.14. The molecule has 0 fully saturated rings. The number of hydrogen-bond donors (Lipinski definition) is 2. The van der Waals surface area contributed by atoms with Crippen LogP contribution in [0.15, 0.2) is 22.7 Å². The molecular formula is C11H15BrClFN2O2. The van der Waals surface area contributed by atoms with E-state index in [-0.39, 0.29) is 24.1 Å². The van der Waals surface area contributed by atoms with Gasteiger partial charge in [-0.3, -0.25) is 4.79 Å². The fourth-order valence-corrected chi connectivity index (χ4v) is 1.60. The van der Waals surface area contributed by atoms with E-state index in [4.69, 9.17) is 10.5 Å². The summed E-state index contributed by atoms with van der Waals surface area (Å²) in [6, 6.07) is 4.01. The standard InChI is InChI=1S/C11H14BrFN2O2.ClH/c1-7(11(16)15-5-4-14)17-10-3-2-8(13)6-9(10)12;/h2-3,6-7H,4-5,14H2,1H3,(H,15,16);1H. The van der Waals surface area contributed by atoms with E-state index < -0.39 is 6.10 Å². The minimum absolute atomic E-state index is 0. The summed E-state index contributed by atoms with van der Waals surface area (Å²) in [4.78, 5) is 11.5. The minimum Gasteiger partial charge on any atom is -0.480 e. The van der Waals surface area contributed by atoms with Crippen LogP contribution in [0, 0.1) is 5.82 Å². The van der Waals surface area contributed by atoms with Crippen LogP contribution in [-0.4, -0.2) is 25.1 Å². The topological polar surface area (TPSA) is 64.3 Å². The molecule has 0 bridgehead atoms. The van der Waals surface area contributed by atoms with Crippen molar-refractivity contribution in [2.24, 2.45) is 5.73 Å². The summed E-state index contributed by atoms with van der Waals surface area (Å²) in [5.41, 5.74) is 5.27.